The molecule has 0 bridgehead atoms. The molecule has 7 nitrogen and oxygen atoms in total. The molecular weight excluding hydrogens is 362 g/mol. The van der Waals surface area contributed by atoms with E-state index in [2.05, 4.69) is 19.9 Å². The first-order valence-electron chi connectivity index (χ1n) is 8.38. The molecule has 0 saturated heterocycles. The summed E-state index contributed by atoms with van der Waals surface area (Å²) in [6.07, 6.45) is 4.71. The van der Waals surface area contributed by atoms with Gasteiger partial charge in [0.15, 0.2) is 0 Å². The van der Waals surface area contributed by atoms with E-state index in [-0.39, 0.29) is 11.4 Å². The highest BCUT2D eigenvalue weighted by atomic mass is 32.2. The van der Waals surface area contributed by atoms with E-state index in [1.165, 1.54) is 4.80 Å². The van der Waals surface area contributed by atoms with Crippen molar-refractivity contribution in [2.24, 2.45) is 0 Å². The number of fused-ring (bicyclic) bond motifs is 1. The van der Waals surface area contributed by atoms with E-state index >= 15 is 0 Å². The third kappa shape index (κ3) is 3.71. The average molecular weight is 379 g/mol. The fourth-order valence-electron chi connectivity index (χ4n) is 2.94. The maximum absolute atomic E-state index is 13.2. The third-order valence-electron chi connectivity index (χ3n) is 4.20. The van der Waals surface area contributed by atoms with Crippen LogP contribution in [0.1, 0.15) is 11.6 Å². The first kappa shape index (κ1) is 17.3. The van der Waals surface area contributed by atoms with Gasteiger partial charge in [-0.05, 0) is 17.7 Å². The van der Waals surface area contributed by atoms with Gasteiger partial charge < -0.3 is 0 Å². The lowest BCUT2D eigenvalue weighted by Gasteiger charge is -2.19. The molecule has 1 unspecified atom stereocenters. The van der Waals surface area contributed by atoms with Crippen molar-refractivity contribution in [2.75, 3.05) is 0 Å². The van der Waals surface area contributed by atoms with Gasteiger partial charge in [-0.25, -0.2) is 13.1 Å². The zero-order valence-electron chi connectivity index (χ0n) is 14.3. The number of aromatic nitrogens is 4. The Bertz CT molecular complexity index is 1140. The number of nitrogens with zero attached hydrogens (tertiary/aromatic N) is 4. The van der Waals surface area contributed by atoms with Crippen LogP contribution in [0.5, 0.6) is 0 Å². The molecule has 2 aromatic carbocycles. The molecule has 8 heteroatoms. The summed E-state index contributed by atoms with van der Waals surface area (Å²) in [7, 11) is -3.82. The molecule has 0 spiro atoms. The number of nitrogens with one attached hydrogen (secondary N) is 1. The number of benzene rings is 2. The minimum Gasteiger partial charge on any atom is -0.255 e. The van der Waals surface area contributed by atoms with Crippen molar-refractivity contribution in [3.63, 3.8) is 0 Å². The highest BCUT2D eigenvalue weighted by Gasteiger charge is 2.24. The van der Waals surface area contributed by atoms with Gasteiger partial charge in [0.2, 0.25) is 10.0 Å². The van der Waals surface area contributed by atoms with E-state index in [9.17, 15) is 8.42 Å². The van der Waals surface area contributed by atoms with E-state index in [0.29, 0.717) is 5.52 Å². The molecule has 0 aliphatic rings. The van der Waals surface area contributed by atoms with Crippen LogP contribution >= 0.6 is 0 Å². The summed E-state index contributed by atoms with van der Waals surface area (Å²) in [5.41, 5.74) is 1.27. The Balaban J connectivity index is 1.73. The Morgan fingerprint density at radius 1 is 0.889 bits per heavy atom. The van der Waals surface area contributed by atoms with Crippen LogP contribution in [0.3, 0.4) is 0 Å². The van der Waals surface area contributed by atoms with Crippen molar-refractivity contribution in [1.82, 2.24) is 24.7 Å². The van der Waals surface area contributed by atoms with Crippen LogP contribution in [0.25, 0.3) is 10.9 Å². The fourth-order valence-corrected chi connectivity index (χ4v) is 4.34. The summed E-state index contributed by atoms with van der Waals surface area (Å²) in [6, 6.07) is 17.6. The molecule has 1 atom stereocenters. The lowest BCUT2D eigenvalue weighted by Crippen LogP contribution is -2.32. The zero-order chi connectivity index (χ0) is 18.7. The van der Waals surface area contributed by atoms with E-state index in [0.717, 1.165) is 10.9 Å². The third-order valence-corrected chi connectivity index (χ3v) is 5.70. The summed E-state index contributed by atoms with van der Waals surface area (Å²) in [6.45, 7) is 0.272. The molecule has 1 N–H and O–H groups in total. The van der Waals surface area contributed by atoms with Gasteiger partial charge >= 0.3 is 0 Å². The molecule has 0 aliphatic carbocycles. The molecule has 4 aromatic rings. The number of hydrogen-bond acceptors (Lipinski definition) is 5. The van der Waals surface area contributed by atoms with Gasteiger partial charge in [-0.15, -0.1) is 0 Å². The van der Waals surface area contributed by atoms with Crippen LogP contribution in [-0.2, 0) is 16.6 Å². The van der Waals surface area contributed by atoms with Crippen molar-refractivity contribution in [1.29, 1.82) is 0 Å². The normalized spacial score (nSPS) is 12.9. The Labute approximate surface area is 156 Å². The van der Waals surface area contributed by atoms with E-state index in [4.69, 9.17) is 0 Å². The first-order chi connectivity index (χ1) is 13.1. The Morgan fingerprint density at radius 2 is 1.63 bits per heavy atom. The predicted octanol–water partition coefficient (Wildman–Crippen LogP) is 2.55. The molecule has 2 heterocycles. The van der Waals surface area contributed by atoms with Gasteiger partial charge in [-0.1, -0.05) is 48.5 Å². The summed E-state index contributed by atoms with van der Waals surface area (Å²) < 4.78 is 29.1. The quantitative estimate of drug-likeness (QED) is 0.556. The summed E-state index contributed by atoms with van der Waals surface area (Å²) in [5.74, 6) is 0. The van der Waals surface area contributed by atoms with Gasteiger partial charge in [-0.2, -0.15) is 15.0 Å². The standard InChI is InChI=1S/C19H17N5O2S/c25-27(26,18-10-4-8-16-9-5-11-20-19(16)18)23-17(14-24-21-12-13-22-24)15-6-2-1-3-7-15/h1-13,17,23H,14H2. The highest BCUT2D eigenvalue weighted by Crippen LogP contribution is 2.23. The number of sulfonamides is 1. The van der Waals surface area contributed by atoms with Gasteiger partial charge in [0.05, 0.1) is 30.5 Å². The fraction of sp³-hybridized carbons (Fsp3) is 0.105. The van der Waals surface area contributed by atoms with E-state index in [1.54, 1.807) is 36.8 Å². The van der Waals surface area contributed by atoms with Crippen molar-refractivity contribution in [2.45, 2.75) is 17.5 Å². The van der Waals surface area contributed by atoms with Crippen LogP contribution in [0.4, 0.5) is 0 Å². The van der Waals surface area contributed by atoms with Gasteiger partial charge in [0, 0.05) is 11.6 Å². The monoisotopic (exact) mass is 379 g/mol. The first-order valence-corrected chi connectivity index (χ1v) is 9.87. The van der Waals surface area contributed by atoms with Crippen molar-refractivity contribution < 1.29 is 8.42 Å². The SMILES string of the molecule is O=S(=O)(NC(Cn1nccn1)c1ccccc1)c1cccc2cccnc12. The molecular formula is C19H17N5O2S. The molecule has 0 fully saturated rings. The lowest BCUT2D eigenvalue weighted by molar-refractivity contribution is 0.444. The zero-order valence-corrected chi connectivity index (χ0v) is 15.1. The van der Waals surface area contributed by atoms with E-state index in [1.807, 2.05) is 42.5 Å². The van der Waals surface area contributed by atoms with Crippen LogP contribution in [-0.4, -0.2) is 28.4 Å². The molecule has 2 aromatic heterocycles. The van der Waals surface area contributed by atoms with Crippen LogP contribution in [0.2, 0.25) is 0 Å². The molecule has 0 aliphatic heterocycles. The molecule has 0 saturated carbocycles. The number of rotatable bonds is 6. The molecule has 136 valence electrons. The Morgan fingerprint density at radius 3 is 2.41 bits per heavy atom. The van der Waals surface area contributed by atoms with E-state index < -0.39 is 16.1 Å². The minimum absolute atomic E-state index is 0.148. The van der Waals surface area contributed by atoms with Crippen LogP contribution in [0, 0.1) is 0 Å². The van der Waals surface area contributed by atoms with Gasteiger partial charge in [0.1, 0.15) is 4.90 Å². The summed E-state index contributed by atoms with van der Waals surface area (Å²) in [4.78, 5) is 5.86. The Hall–Kier alpha value is -3.10. The molecule has 0 radical (unpaired) electrons. The predicted molar refractivity (Wildman–Crippen MR) is 101 cm³/mol. The number of pyridine rings is 1. The second-order valence-electron chi connectivity index (χ2n) is 6.00. The van der Waals surface area contributed by atoms with Gasteiger partial charge in [-0.3, -0.25) is 4.98 Å². The molecule has 27 heavy (non-hydrogen) atoms. The summed E-state index contributed by atoms with van der Waals surface area (Å²) in [5, 5.41) is 8.95. The largest absolute Gasteiger partial charge is 0.255 e. The average Bonchev–Trinajstić information content (AvgIpc) is 3.21. The number of para-hydroxylation sites is 1. The Kier molecular flexibility index (Phi) is 4.66. The smallest absolute Gasteiger partial charge is 0.243 e. The molecule has 4 rings (SSSR count). The van der Waals surface area contributed by atoms with Crippen LogP contribution in [0.15, 0.2) is 84.1 Å². The minimum atomic E-state index is -3.82. The maximum Gasteiger partial charge on any atom is 0.243 e. The van der Waals surface area contributed by atoms with Gasteiger partial charge in [0.25, 0.3) is 0 Å². The van der Waals surface area contributed by atoms with Crippen molar-refractivity contribution in [3.05, 3.63) is 84.8 Å². The molecule has 0 amide bonds. The van der Waals surface area contributed by atoms with Crippen molar-refractivity contribution in [3.8, 4) is 0 Å². The van der Waals surface area contributed by atoms with Crippen LogP contribution < -0.4 is 4.72 Å². The number of hydrogen-bond donors (Lipinski definition) is 1. The topological polar surface area (TPSA) is 89.8 Å². The lowest BCUT2D eigenvalue weighted by atomic mass is 10.1. The second-order valence-corrected chi connectivity index (χ2v) is 7.68. The highest BCUT2D eigenvalue weighted by molar-refractivity contribution is 7.89. The maximum atomic E-state index is 13.2. The summed E-state index contributed by atoms with van der Waals surface area (Å²) >= 11 is 0. The van der Waals surface area contributed by atoms with Crippen molar-refractivity contribution >= 4 is 20.9 Å². The second kappa shape index (κ2) is 7.26.